The van der Waals surface area contributed by atoms with Crippen LogP contribution in [0.1, 0.15) is 30.1 Å². The number of carboxylic acid groups (broad SMARTS) is 1. The Morgan fingerprint density at radius 1 is 1.67 bits per heavy atom. The highest BCUT2D eigenvalue weighted by molar-refractivity contribution is 5.93. The van der Waals surface area contributed by atoms with Crippen molar-refractivity contribution < 1.29 is 9.90 Å². The molecule has 18 heavy (non-hydrogen) atoms. The van der Waals surface area contributed by atoms with Crippen molar-refractivity contribution in [1.29, 1.82) is 0 Å². The van der Waals surface area contributed by atoms with E-state index in [2.05, 4.69) is 22.1 Å². The summed E-state index contributed by atoms with van der Waals surface area (Å²) in [4.78, 5) is 17.3. The number of nitrogens with one attached hydrogen (secondary N) is 1. The summed E-state index contributed by atoms with van der Waals surface area (Å²) < 4.78 is 0. The molecule has 0 aliphatic carbocycles. The molecule has 0 spiro atoms. The first-order valence-electron chi connectivity index (χ1n) is 6.37. The molecule has 5 nitrogen and oxygen atoms in total. The van der Waals surface area contributed by atoms with Crippen molar-refractivity contribution in [3.8, 4) is 0 Å². The number of piperidine rings is 1. The Hall–Kier alpha value is -1.62. The minimum absolute atomic E-state index is 0.242. The van der Waals surface area contributed by atoms with Crippen LogP contribution in [0.4, 0.5) is 5.69 Å². The van der Waals surface area contributed by atoms with Crippen molar-refractivity contribution in [3.63, 3.8) is 0 Å². The fraction of sp³-hybridized carbons (Fsp3) is 0.538. The van der Waals surface area contributed by atoms with Crippen LogP contribution in [-0.4, -0.2) is 46.6 Å². The molecule has 1 fully saturated rings. The molecule has 0 saturated carbocycles. The smallest absolute Gasteiger partial charge is 0.339 e. The molecule has 2 N–H and O–H groups in total. The third-order valence-electron chi connectivity index (χ3n) is 3.36. The molecule has 0 radical (unpaired) electrons. The zero-order chi connectivity index (χ0) is 13.0. The van der Waals surface area contributed by atoms with Gasteiger partial charge in [0.1, 0.15) is 5.56 Å². The second kappa shape index (κ2) is 5.82. The largest absolute Gasteiger partial charge is 0.478 e. The lowest BCUT2D eigenvalue weighted by Gasteiger charge is -2.33. The zero-order valence-corrected chi connectivity index (χ0v) is 10.6. The lowest BCUT2D eigenvalue weighted by atomic mass is 10.0. The standard InChI is InChI=1S/C13H19N3O2/c1-2-16-7-3-4-10(9-16)15-12-5-6-14-8-11(12)13(17)18/h5-6,8,10H,2-4,7,9H2,1H3,(H,14,15)(H,17,18). The first-order valence-corrected chi connectivity index (χ1v) is 6.37. The summed E-state index contributed by atoms with van der Waals surface area (Å²) in [6.45, 7) is 5.30. The van der Waals surface area contributed by atoms with Gasteiger partial charge in [0.25, 0.3) is 0 Å². The van der Waals surface area contributed by atoms with E-state index in [1.54, 1.807) is 12.3 Å². The van der Waals surface area contributed by atoms with Crippen LogP contribution in [0.5, 0.6) is 0 Å². The molecule has 98 valence electrons. The Morgan fingerprint density at radius 3 is 3.22 bits per heavy atom. The summed E-state index contributed by atoms with van der Waals surface area (Å²) in [6.07, 6.45) is 5.25. The van der Waals surface area contributed by atoms with Crippen molar-refractivity contribution in [2.24, 2.45) is 0 Å². The van der Waals surface area contributed by atoms with Gasteiger partial charge in [0, 0.05) is 25.0 Å². The lowest BCUT2D eigenvalue weighted by Crippen LogP contribution is -2.42. The van der Waals surface area contributed by atoms with Crippen LogP contribution in [0.15, 0.2) is 18.5 Å². The van der Waals surface area contributed by atoms with Crippen LogP contribution in [0.3, 0.4) is 0 Å². The van der Waals surface area contributed by atoms with Crippen molar-refractivity contribution in [3.05, 3.63) is 24.0 Å². The normalized spacial score (nSPS) is 20.6. The van der Waals surface area contributed by atoms with E-state index in [0.717, 1.165) is 32.5 Å². The number of aromatic nitrogens is 1. The monoisotopic (exact) mass is 249 g/mol. The SMILES string of the molecule is CCN1CCCC(Nc2ccncc2C(=O)O)C1. The van der Waals surface area contributed by atoms with E-state index < -0.39 is 5.97 Å². The van der Waals surface area contributed by atoms with E-state index in [0.29, 0.717) is 11.7 Å². The molecular weight excluding hydrogens is 230 g/mol. The Morgan fingerprint density at radius 2 is 2.50 bits per heavy atom. The predicted octanol–water partition coefficient (Wildman–Crippen LogP) is 1.68. The van der Waals surface area contributed by atoms with E-state index in [4.69, 9.17) is 5.11 Å². The van der Waals surface area contributed by atoms with Gasteiger partial charge in [0.15, 0.2) is 0 Å². The highest BCUT2D eigenvalue weighted by Crippen LogP contribution is 2.19. The third kappa shape index (κ3) is 2.98. The van der Waals surface area contributed by atoms with Crippen LogP contribution in [-0.2, 0) is 0 Å². The Labute approximate surface area is 107 Å². The maximum absolute atomic E-state index is 11.1. The number of rotatable bonds is 4. The molecule has 1 aliphatic heterocycles. The molecular formula is C13H19N3O2. The van der Waals surface area contributed by atoms with E-state index in [-0.39, 0.29) is 5.56 Å². The molecule has 5 heteroatoms. The number of hydrogen-bond donors (Lipinski definition) is 2. The molecule has 0 amide bonds. The summed E-state index contributed by atoms with van der Waals surface area (Å²) in [5, 5.41) is 12.4. The number of likely N-dealkylation sites (tertiary alicyclic amines) is 1. The highest BCUT2D eigenvalue weighted by Gasteiger charge is 2.20. The minimum Gasteiger partial charge on any atom is -0.478 e. The zero-order valence-electron chi connectivity index (χ0n) is 10.6. The average molecular weight is 249 g/mol. The molecule has 2 rings (SSSR count). The van der Waals surface area contributed by atoms with Gasteiger partial charge in [-0.15, -0.1) is 0 Å². The van der Waals surface area contributed by atoms with Crippen molar-refractivity contribution in [2.75, 3.05) is 25.0 Å². The van der Waals surface area contributed by atoms with Gasteiger partial charge in [-0.1, -0.05) is 6.92 Å². The van der Waals surface area contributed by atoms with Crippen LogP contribution < -0.4 is 5.32 Å². The molecule has 1 aromatic rings. The van der Waals surface area contributed by atoms with E-state index >= 15 is 0 Å². The van der Waals surface area contributed by atoms with Crippen LogP contribution in [0.25, 0.3) is 0 Å². The molecule has 1 unspecified atom stereocenters. The van der Waals surface area contributed by atoms with Gasteiger partial charge < -0.3 is 15.3 Å². The summed E-state index contributed by atoms with van der Waals surface area (Å²) in [7, 11) is 0. The molecule has 2 heterocycles. The maximum Gasteiger partial charge on any atom is 0.339 e. The Bertz CT molecular complexity index is 422. The van der Waals surface area contributed by atoms with Crippen LogP contribution >= 0.6 is 0 Å². The third-order valence-corrected chi connectivity index (χ3v) is 3.36. The van der Waals surface area contributed by atoms with Gasteiger partial charge in [-0.3, -0.25) is 4.98 Å². The summed E-state index contributed by atoms with van der Waals surface area (Å²) in [5.41, 5.74) is 0.909. The Balaban J connectivity index is 2.07. The average Bonchev–Trinajstić information content (AvgIpc) is 2.39. The highest BCUT2D eigenvalue weighted by atomic mass is 16.4. The summed E-state index contributed by atoms with van der Waals surface area (Å²) >= 11 is 0. The summed E-state index contributed by atoms with van der Waals surface area (Å²) in [5.74, 6) is -0.936. The number of aromatic carboxylic acids is 1. The molecule has 1 atom stereocenters. The number of carbonyl (C=O) groups is 1. The number of carboxylic acids is 1. The fourth-order valence-corrected chi connectivity index (χ4v) is 2.37. The first-order chi connectivity index (χ1) is 8.70. The number of likely N-dealkylation sites (N-methyl/N-ethyl adjacent to an activating group) is 1. The molecule has 1 aromatic heterocycles. The maximum atomic E-state index is 11.1. The topological polar surface area (TPSA) is 65.5 Å². The van der Waals surface area contributed by atoms with Crippen LogP contribution in [0.2, 0.25) is 0 Å². The first kappa shape index (κ1) is 12.8. The van der Waals surface area contributed by atoms with E-state index in [1.165, 1.54) is 6.20 Å². The second-order valence-corrected chi connectivity index (χ2v) is 4.60. The Kier molecular flexibility index (Phi) is 4.15. The van der Waals surface area contributed by atoms with Gasteiger partial charge in [0.2, 0.25) is 0 Å². The fourth-order valence-electron chi connectivity index (χ4n) is 2.37. The predicted molar refractivity (Wildman–Crippen MR) is 70.0 cm³/mol. The summed E-state index contributed by atoms with van der Waals surface area (Å²) in [6, 6.07) is 2.05. The molecule has 1 aliphatic rings. The van der Waals surface area contributed by atoms with Crippen molar-refractivity contribution in [1.82, 2.24) is 9.88 Å². The number of nitrogens with zero attached hydrogens (tertiary/aromatic N) is 2. The van der Waals surface area contributed by atoms with Crippen molar-refractivity contribution in [2.45, 2.75) is 25.8 Å². The molecule has 1 saturated heterocycles. The van der Waals surface area contributed by atoms with Gasteiger partial charge in [-0.05, 0) is 32.0 Å². The van der Waals surface area contributed by atoms with Gasteiger partial charge >= 0.3 is 5.97 Å². The number of pyridine rings is 1. The lowest BCUT2D eigenvalue weighted by molar-refractivity contribution is 0.0697. The number of anilines is 1. The van der Waals surface area contributed by atoms with E-state index in [9.17, 15) is 4.79 Å². The van der Waals surface area contributed by atoms with Crippen LogP contribution in [0, 0.1) is 0 Å². The van der Waals surface area contributed by atoms with Crippen molar-refractivity contribution >= 4 is 11.7 Å². The second-order valence-electron chi connectivity index (χ2n) is 4.60. The van der Waals surface area contributed by atoms with Gasteiger partial charge in [-0.2, -0.15) is 0 Å². The quantitative estimate of drug-likeness (QED) is 0.850. The number of hydrogen-bond acceptors (Lipinski definition) is 4. The van der Waals surface area contributed by atoms with Gasteiger partial charge in [-0.25, -0.2) is 4.79 Å². The van der Waals surface area contributed by atoms with Gasteiger partial charge in [0.05, 0.1) is 5.69 Å². The minimum atomic E-state index is -0.936. The molecule has 0 aromatic carbocycles. The van der Waals surface area contributed by atoms with E-state index in [1.807, 2.05) is 0 Å². The molecule has 0 bridgehead atoms.